The van der Waals surface area contributed by atoms with Crippen molar-refractivity contribution in [1.82, 2.24) is 10.6 Å². The summed E-state index contributed by atoms with van der Waals surface area (Å²) in [5, 5.41) is 5.66. The Labute approximate surface area is 135 Å². The fourth-order valence-electron chi connectivity index (χ4n) is 3.52. The zero-order chi connectivity index (χ0) is 16.2. The number of carbonyl (C=O) groups excluding carboxylic acids is 2. The summed E-state index contributed by atoms with van der Waals surface area (Å²) < 4.78 is 10.9. The minimum Gasteiger partial charge on any atom is -0.384 e. The molecule has 6 nitrogen and oxygen atoms in total. The van der Waals surface area contributed by atoms with Gasteiger partial charge in [-0.05, 0) is 18.6 Å². The van der Waals surface area contributed by atoms with Crippen LogP contribution < -0.4 is 10.6 Å². The van der Waals surface area contributed by atoms with Gasteiger partial charge in [0.1, 0.15) is 0 Å². The Morgan fingerprint density at radius 2 is 2.09 bits per heavy atom. The second kappa shape index (κ2) is 7.10. The SMILES string of the molecule is COC[C@@H]1[C@H](NC(=O)CNC(=O)c2ccccc2)[C@@H]2CCO[C@H]12. The molecule has 2 amide bonds. The first-order valence-electron chi connectivity index (χ1n) is 7.94. The van der Waals surface area contributed by atoms with E-state index in [2.05, 4.69) is 10.6 Å². The summed E-state index contributed by atoms with van der Waals surface area (Å²) in [6, 6.07) is 8.93. The number of nitrogens with one attached hydrogen (secondary N) is 2. The number of benzene rings is 1. The predicted molar refractivity (Wildman–Crippen MR) is 83.9 cm³/mol. The third kappa shape index (κ3) is 3.38. The van der Waals surface area contributed by atoms with Gasteiger partial charge < -0.3 is 20.1 Å². The molecule has 1 aliphatic carbocycles. The smallest absolute Gasteiger partial charge is 0.251 e. The van der Waals surface area contributed by atoms with Crippen molar-refractivity contribution >= 4 is 11.8 Å². The normalized spacial score (nSPS) is 28.6. The number of ether oxygens (including phenoxy) is 2. The maximum atomic E-state index is 12.1. The number of carbonyl (C=O) groups is 2. The second-order valence-corrected chi connectivity index (χ2v) is 6.05. The van der Waals surface area contributed by atoms with Crippen molar-refractivity contribution in [3.8, 4) is 0 Å². The predicted octanol–water partition coefficient (Wildman–Crippen LogP) is 0.583. The van der Waals surface area contributed by atoms with E-state index in [1.54, 1.807) is 31.4 Å². The van der Waals surface area contributed by atoms with Crippen molar-refractivity contribution in [2.75, 3.05) is 26.9 Å². The van der Waals surface area contributed by atoms with Gasteiger partial charge in [-0.2, -0.15) is 0 Å². The van der Waals surface area contributed by atoms with Crippen molar-refractivity contribution in [3.63, 3.8) is 0 Å². The molecule has 2 fully saturated rings. The van der Waals surface area contributed by atoms with Gasteiger partial charge in [-0.25, -0.2) is 0 Å². The molecule has 1 aliphatic heterocycles. The molecule has 4 atom stereocenters. The van der Waals surface area contributed by atoms with Crippen molar-refractivity contribution in [1.29, 1.82) is 0 Å². The fraction of sp³-hybridized carbons (Fsp3) is 0.529. The van der Waals surface area contributed by atoms with E-state index in [0.29, 0.717) is 18.1 Å². The number of hydrogen-bond donors (Lipinski definition) is 2. The minimum atomic E-state index is -0.245. The van der Waals surface area contributed by atoms with E-state index < -0.39 is 0 Å². The maximum absolute atomic E-state index is 12.1. The molecule has 23 heavy (non-hydrogen) atoms. The highest BCUT2D eigenvalue weighted by molar-refractivity contribution is 5.96. The first-order chi connectivity index (χ1) is 11.2. The Balaban J connectivity index is 1.48. The molecule has 1 aromatic carbocycles. The van der Waals surface area contributed by atoms with Gasteiger partial charge in [0.25, 0.3) is 5.91 Å². The van der Waals surface area contributed by atoms with Crippen LogP contribution in [0.15, 0.2) is 30.3 Å². The summed E-state index contributed by atoms with van der Waals surface area (Å²) >= 11 is 0. The zero-order valence-electron chi connectivity index (χ0n) is 13.2. The molecule has 0 aromatic heterocycles. The van der Waals surface area contributed by atoms with E-state index in [-0.39, 0.29) is 36.4 Å². The molecule has 1 heterocycles. The third-order valence-corrected chi connectivity index (χ3v) is 4.66. The number of methoxy groups -OCH3 is 1. The molecule has 1 saturated heterocycles. The van der Waals surface area contributed by atoms with Crippen LogP contribution in [0.25, 0.3) is 0 Å². The van der Waals surface area contributed by atoms with Crippen LogP contribution in [0.1, 0.15) is 16.8 Å². The summed E-state index contributed by atoms with van der Waals surface area (Å²) in [6.45, 7) is 1.29. The van der Waals surface area contributed by atoms with E-state index in [4.69, 9.17) is 9.47 Å². The molecule has 0 unspecified atom stereocenters. The van der Waals surface area contributed by atoms with E-state index >= 15 is 0 Å². The highest BCUT2D eigenvalue weighted by Gasteiger charge is 2.54. The molecule has 2 N–H and O–H groups in total. The number of fused-ring (bicyclic) bond motifs is 1. The Morgan fingerprint density at radius 3 is 2.83 bits per heavy atom. The van der Waals surface area contributed by atoms with Crippen molar-refractivity contribution in [2.45, 2.75) is 18.6 Å². The second-order valence-electron chi connectivity index (χ2n) is 6.05. The molecule has 124 valence electrons. The number of hydrogen-bond acceptors (Lipinski definition) is 4. The van der Waals surface area contributed by atoms with E-state index in [0.717, 1.165) is 13.0 Å². The number of amides is 2. The van der Waals surface area contributed by atoms with Crippen LogP contribution in [0.2, 0.25) is 0 Å². The fourth-order valence-corrected chi connectivity index (χ4v) is 3.52. The topological polar surface area (TPSA) is 76.7 Å². The van der Waals surface area contributed by atoms with Gasteiger partial charge in [-0.1, -0.05) is 18.2 Å². The average molecular weight is 318 g/mol. The Kier molecular flexibility index (Phi) is 4.93. The van der Waals surface area contributed by atoms with Crippen LogP contribution in [0.3, 0.4) is 0 Å². The first-order valence-corrected chi connectivity index (χ1v) is 7.94. The molecule has 0 spiro atoms. The van der Waals surface area contributed by atoms with Crippen LogP contribution in [0.4, 0.5) is 0 Å². The molecule has 1 saturated carbocycles. The van der Waals surface area contributed by atoms with Crippen molar-refractivity contribution < 1.29 is 19.1 Å². The maximum Gasteiger partial charge on any atom is 0.251 e. The summed E-state index contributed by atoms with van der Waals surface area (Å²) in [5.41, 5.74) is 0.547. The van der Waals surface area contributed by atoms with Crippen LogP contribution >= 0.6 is 0 Å². The first kappa shape index (κ1) is 16.0. The van der Waals surface area contributed by atoms with Crippen molar-refractivity contribution in [2.24, 2.45) is 11.8 Å². The lowest BCUT2D eigenvalue weighted by Gasteiger charge is -2.47. The Morgan fingerprint density at radius 1 is 1.30 bits per heavy atom. The van der Waals surface area contributed by atoms with Crippen LogP contribution in [-0.2, 0) is 14.3 Å². The van der Waals surface area contributed by atoms with Crippen LogP contribution in [0, 0.1) is 11.8 Å². The minimum absolute atomic E-state index is 0.0256. The van der Waals surface area contributed by atoms with Gasteiger partial charge in [0.05, 0.1) is 19.3 Å². The molecule has 1 aromatic rings. The summed E-state index contributed by atoms with van der Waals surface area (Å²) in [4.78, 5) is 24.0. The molecule has 3 rings (SSSR count). The average Bonchev–Trinajstić information content (AvgIpc) is 3.00. The zero-order valence-corrected chi connectivity index (χ0v) is 13.2. The standard InChI is InChI=1S/C17H22N2O4/c1-22-10-13-15(12-7-8-23-16(12)13)19-14(20)9-18-17(21)11-5-3-2-4-6-11/h2-6,12-13,15-16H,7-10H2,1H3,(H,18,21)(H,19,20)/t12-,13+,15+,16-/m0/s1. The quantitative estimate of drug-likeness (QED) is 0.804. The van der Waals surface area contributed by atoms with Gasteiger partial charge >= 0.3 is 0 Å². The lowest BCUT2D eigenvalue weighted by atomic mass is 9.67. The summed E-state index contributed by atoms with van der Waals surface area (Å²) in [7, 11) is 1.65. The molecular formula is C17H22N2O4. The van der Waals surface area contributed by atoms with Gasteiger partial charge in [0.15, 0.2) is 0 Å². The van der Waals surface area contributed by atoms with E-state index in [1.165, 1.54) is 0 Å². The summed E-state index contributed by atoms with van der Waals surface area (Å²) in [5.74, 6) is 0.140. The highest BCUT2D eigenvalue weighted by atomic mass is 16.5. The van der Waals surface area contributed by atoms with Gasteiger partial charge in [-0.3, -0.25) is 9.59 Å². The monoisotopic (exact) mass is 318 g/mol. The van der Waals surface area contributed by atoms with E-state index in [1.807, 2.05) is 6.07 Å². The number of rotatable bonds is 6. The Hall–Kier alpha value is -1.92. The molecule has 6 heteroatoms. The molecular weight excluding hydrogens is 296 g/mol. The lowest BCUT2D eigenvalue weighted by Crippen LogP contribution is -2.63. The van der Waals surface area contributed by atoms with Crippen LogP contribution in [-0.4, -0.2) is 50.8 Å². The van der Waals surface area contributed by atoms with Crippen LogP contribution in [0.5, 0.6) is 0 Å². The third-order valence-electron chi connectivity index (χ3n) is 4.66. The molecule has 2 aliphatic rings. The van der Waals surface area contributed by atoms with Gasteiger partial charge in [0.2, 0.25) is 5.91 Å². The summed E-state index contributed by atoms with van der Waals surface area (Å²) in [6.07, 6.45) is 1.16. The largest absolute Gasteiger partial charge is 0.384 e. The molecule has 0 radical (unpaired) electrons. The van der Waals surface area contributed by atoms with Gasteiger partial charge in [-0.15, -0.1) is 0 Å². The van der Waals surface area contributed by atoms with E-state index in [9.17, 15) is 9.59 Å². The molecule has 0 bridgehead atoms. The lowest BCUT2D eigenvalue weighted by molar-refractivity contribution is -0.128. The Bertz CT molecular complexity index is 563. The van der Waals surface area contributed by atoms with Crippen molar-refractivity contribution in [3.05, 3.63) is 35.9 Å². The highest BCUT2D eigenvalue weighted by Crippen LogP contribution is 2.43. The van der Waals surface area contributed by atoms with Gasteiger partial charge in [0, 0.05) is 37.2 Å².